The van der Waals surface area contributed by atoms with E-state index in [1.165, 1.54) is 30.7 Å². The minimum Gasteiger partial charge on any atom is -0.447 e. The van der Waals surface area contributed by atoms with E-state index in [2.05, 4.69) is 25.4 Å². The number of anilines is 1. The summed E-state index contributed by atoms with van der Waals surface area (Å²) in [6.07, 6.45) is 1.90. The number of hydrogen-bond donors (Lipinski definition) is 1. The number of nitrogens with one attached hydrogen (secondary N) is 1. The highest BCUT2D eigenvalue weighted by Crippen LogP contribution is 2.25. The number of thiophene rings is 1. The number of aromatic nitrogens is 5. The molecule has 0 fully saturated rings. The highest BCUT2D eigenvalue weighted by molar-refractivity contribution is 7.13. The lowest BCUT2D eigenvalue weighted by Gasteiger charge is -2.11. The molecule has 0 aliphatic rings. The van der Waals surface area contributed by atoms with Gasteiger partial charge >= 0.3 is 5.97 Å². The van der Waals surface area contributed by atoms with E-state index in [9.17, 15) is 9.59 Å². The minimum atomic E-state index is -1.09. The van der Waals surface area contributed by atoms with Crippen LogP contribution in [0.1, 0.15) is 17.5 Å². The molecule has 0 radical (unpaired) electrons. The largest absolute Gasteiger partial charge is 0.447 e. The van der Waals surface area contributed by atoms with Gasteiger partial charge in [0.2, 0.25) is 5.95 Å². The Morgan fingerprint density at radius 1 is 1.07 bits per heavy atom. The molecule has 3 heterocycles. The zero-order valence-corrected chi connectivity index (χ0v) is 16.6. The maximum atomic E-state index is 12.6. The SMILES string of the molecule is CC(OC(=O)c1nc(-c2cccs2)n(-c2ccccc2)n1)C(=O)Nc1ncccn1. The van der Waals surface area contributed by atoms with Crippen molar-refractivity contribution in [2.75, 3.05) is 5.32 Å². The Balaban J connectivity index is 1.55. The van der Waals surface area contributed by atoms with Gasteiger partial charge in [-0.05, 0) is 36.6 Å². The number of rotatable bonds is 6. The third-order valence-corrected chi connectivity index (χ3v) is 4.85. The fourth-order valence-electron chi connectivity index (χ4n) is 2.56. The first-order valence-corrected chi connectivity index (χ1v) is 9.85. The number of para-hydroxylation sites is 1. The van der Waals surface area contributed by atoms with Crippen molar-refractivity contribution in [3.8, 4) is 16.4 Å². The van der Waals surface area contributed by atoms with Crippen LogP contribution < -0.4 is 5.32 Å². The molecule has 1 amide bonds. The predicted molar refractivity (Wildman–Crippen MR) is 110 cm³/mol. The monoisotopic (exact) mass is 420 g/mol. The van der Waals surface area contributed by atoms with Crippen molar-refractivity contribution in [2.24, 2.45) is 0 Å². The highest BCUT2D eigenvalue weighted by Gasteiger charge is 2.25. The van der Waals surface area contributed by atoms with Gasteiger partial charge < -0.3 is 4.74 Å². The number of ether oxygens (including phenoxy) is 1. The van der Waals surface area contributed by atoms with E-state index in [4.69, 9.17) is 4.74 Å². The molecule has 4 rings (SSSR count). The van der Waals surface area contributed by atoms with Crippen LogP contribution in [0, 0.1) is 0 Å². The predicted octanol–water partition coefficient (Wildman–Crippen LogP) is 2.97. The Labute approximate surface area is 175 Å². The van der Waals surface area contributed by atoms with Gasteiger partial charge in [0.15, 0.2) is 11.9 Å². The molecular formula is C20H16N6O3S. The van der Waals surface area contributed by atoms with Crippen molar-refractivity contribution in [1.29, 1.82) is 0 Å². The first-order valence-electron chi connectivity index (χ1n) is 8.97. The fourth-order valence-corrected chi connectivity index (χ4v) is 3.25. The molecule has 1 unspecified atom stereocenters. The zero-order chi connectivity index (χ0) is 20.9. The Morgan fingerprint density at radius 2 is 1.83 bits per heavy atom. The summed E-state index contributed by atoms with van der Waals surface area (Å²) >= 11 is 1.48. The Kier molecular flexibility index (Phi) is 5.57. The molecule has 0 saturated heterocycles. The second-order valence-corrected chi connectivity index (χ2v) is 7.04. The maximum Gasteiger partial charge on any atom is 0.379 e. The summed E-state index contributed by atoms with van der Waals surface area (Å²) in [5, 5.41) is 8.71. The summed E-state index contributed by atoms with van der Waals surface area (Å²) in [5.74, 6) is -0.873. The van der Waals surface area contributed by atoms with Crippen molar-refractivity contribution < 1.29 is 14.3 Å². The lowest BCUT2D eigenvalue weighted by Crippen LogP contribution is -2.31. The van der Waals surface area contributed by atoms with Crippen LogP contribution in [0.4, 0.5) is 5.95 Å². The third kappa shape index (κ3) is 4.23. The molecule has 150 valence electrons. The Hall–Kier alpha value is -3.92. The number of nitrogens with zero attached hydrogens (tertiary/aromatic N) is 5. The maximum absolute atomic E-state index is 12.6. The molecule has 3 aromatic heterocycles. The molecule has 9 nitrogen and oxygen atoms in total. The number of carbonyl (C=O) groups excluding carboxylic acids is 2. The third-order valence-electron chi connectivity index (χ3n) is 3.99. The van der Waals surface area contributed by atoms with Crippen molar-refractivity contribution in [3.05, 3.63) is 72.1 Å². The van der Waals surface area contributed by atoms with Gasteiger partial charge in [-0.3, -0.25) is 10.1 Å². The summed E-state index contributed by atoms with van der Waals surface area (Å²) in [6.45, 7) is 1.45. The molecule has 0 bridgehead atoms. The van der Waals surface area contributed by atoms with Crippen LogP contribution in [0.15, 0.2) is 66.3 Å². The lowest BCUT2D eigenvalue weighted by atomic mass is 10.3. The van der Waals surface area contributed by atoms with Crippen LogP contribution in [0.3, 0.4) is 0 Å². The van der Waals surface area contributed by atoms with Gasteiger partial charge in [0.05, 0.1) is 10.6 Å². The minimum absolute atomic E-state index is 0.122. The summed E-state index contributed by atoms with van der Waals surface area (Å²) < 4.78 is 6.82. The van der Waals surface area contributed by atoms with E-state index in [0.717, 1.165) is 10.6 Å². The molecular weight excluding hydrogens is 404 g/mol. The Morgan fingerprint density at radius 3 is 2.53 bits per heavy atom. The summed E-state index contributed by atoms with van der Waals surface area (Å²) in [4.78, 5) is 37.9. The van der Waals surface area contributed by atoms with Crippen LogP contribution in [-0.2, 0) is 9.53 Å². The highest BCUT2D eigenvalue weighted by atomic mass is 32.1. The van der Waals surface area contributed by atoms with Gasteiger partial charge in [-0.25, -0.2) is 19.4 Å². The van der Waals surface area contributed by atoms with Gasteiger partial charge in [0, 0.05) is 12.4 Å². The van der Waals surface area contributed by atoms with E-state index >= 15 is 0 Å². The Bertz CT molecular complexity index is 1150. The van der Waals surface area contributed by atoms with Gasteiger partial charge in [-0.15, -0.1) is 16.4 Å². The second kappa shape index (κ2) is 8.62. The van der Waals surface area contributed by atoms with Crippen LogP contribution in [-0.4, -0.2) is 42.7 Å². The van der Waals surface area contributed by atoms with Crippen LogP contribution in [0.25, 0.3) is 16.4 Å². The van der Waals surface area contributed by atoms with Crippen molar-refractivity contribution in [1.82, 2.24) is 24.7 Å². The number of hydrogen-bond acceptors (Lipinski definition) is 8. The fraction of sp³-hybridized carbons (Fsp3) is 0.100. The summed E-state index contributed by atoms with van der Waals surface area (Å²) in [5.41, 5.74) is 0.750. The molecule has 0 spiro atoms. The van der Waals surface area contributed by atoms with E-state index in [1.807, 2.05) is 47.8 Å². The molecule has 1 aromatic carbocycles. The summed E-state index contributed by atoms with van der Waals surface area (Å²) in [6, 6.07) is 14.7. The van der Waals surface area contributed by atoms with Gasteiger partial charge in [-0.1, -0.05) is 24.3 Å². The van der Waals surface area contributed by atoms with Crippen LogP contribution in [0.5, 0.6) is 0 Å². The molecule has 10 heteroatoms. The summed E-state index contributed by atoms with van der Waals surface area (Å²) in [7, 11) is 0. The average Bonchev–Trinajstić information content (AvgIpc) is 3.45. The molecule has 1 N–H and O–H groups in total. The topological polar surface area (TPSA) is 112 Å². The lowest BCUT2D eigenvalue weighted by molar-refractivity contribution is -0.123. The average molecular weight is 420 g/mol. The van der Waals surface area contributed by atoms with Gasteiger partial charge in [0.1, 0.15) is 0 Å². The standard InChI is InChI=1S/C20H16N6O3S/c1-13(18(27)24-20-21-10-6-11-22-20)29-19(28)16-23-17(15-9-5-12-30-15)26(25-16)14-7-3-2-4-8-14/h2-13H,1H3,(H,21,22,24,27). The number of esters is 1. The number of amides is 1. The van der Waals surface area contributed by atoms with E-state index < -0.39 is 18.0 Å². The number of carbonyl (C=O) groups is 2. The van der Waals surface area contributed by atoms with Crippen molar-refractivity contribution in [3.63, 3.8) is 0 Å². The van der Waals surface area contributed by atoms with Crippen LogP contribution in [0.2, 0.25) is 0 Å². The van der Waals surface area contributed by atoms with Crippen molar-refractivity contribution in [2.45, 2.75) is 13.0 Å². The molecule has 4 aromatic rings. The smallest absolute Gasteiger partial charge is 0.379 e. The van der Waals surface area contributed by atoms with Crippen molar-refractivity contribution >= 4 is 29.2 Å². The van der Waals surface area contributed by atoms with Gasteiger partial charge in [0.25, 0.3) is 11.7 Å². The zero-order valence-electron chi connectivity index (χ0n) is 15.8. The molecule has 0 aliphatic heterocycles. The van der Waals surface area contributed by atoms with E-state index in [0.29, 0.717) is 5.82 Å². The van der Waals surface area contributed by atoms with Gasteiger partial charge in [-0.2, -0.15) is 4.98 Å². The normalized spacial score (nSPS) is 11.6. The first kappa shape index (κ1) is 19.4. The molecule has 1 atom stereocenters. The quantitative estimate of drug-likeness (QED) is 0.477. The second-order valence-electron chi connectivity index (χ2n) is 6.09. The van der Waals surface area contributed by atoms with Crippen LogP contribution >= 0.6 is 11.3 Å². The molecule has 30 heavy (non-hydrogen) atoms. The first-order chi connectivity index (χ1) is 14.6. The molecule has 0 aliphatic carbocycles. The van der Waals surface area contributed by atoms with E-state index in [-0.39, 0.29) is 11.8 Å². The number of benzene rings is 1. The molecule has 0 saturated carbocycles. The van der Waals surface area contributed by atoms with E-state index in [1.54, 1.807) is 10.7 Å².